The Morgan fingerprint density at radius 3 is 2.11 bits per heavy atom. The molecule has 0 bridgehead atoms. The van der Waals surface area contributed by atoms with E-state index in [-0.39, 0.29) is 40.3 Å². The summed E-state index contributed by atoms with van der Waals surface area (Å²) in [5.74, 6) is -0.461. The van der Waals surface area contributed by atoms with Crippen LogP contribution in [0, 0.1) is 44.8 Å². The van der Waals surface area contributed by atoms with Crippen molar-refractivity contribution in [1.82, 2.24) is 0 Å². The molecule has 5 saturated carbocycles. The third-order valence-corrected chi connectivity index (χ3v) is 16.1. The number of aliphatic hydroxyl groups is 7. The Morgan fingerprint density at radius 1 is 0.809 bits per heavy atom. The third-order valence-electron chi connectivity index (χ3n) is 16.1. The molecule has 5 aliphatic carbocycles. The smallest absolute Gasteiger partial charge is 0.317 e. The molecule has 7 aliphatic rings. The van der Waals surface area contributed by atoms with Crippen LogP contribution in [0.4, 0.5) is 0 Å². The molecule has 2 spiro atoms. The molecule has 268 valence electrons. The number of carbonyl (C=O) groups is 1. The number of carbonyl (C=O) groups excluding carboxylic acids is 1. The van der Waals surface area contributed by atoms with Gasteiger partial charge in [-0.1, -0.05) is 13.8 Å². The maximum absolute atomic E-state index is 14.1. The van der Waals surface area contributed by atoms with Gasteiger partial charge in [-0.3, -0.25) is 4.79 Å². The van der Waals surface area contributed by atoms with Gasteiger partial charge in [0.15, 0.2) is 0 Å². The molecule has 0 aromatic heterocycles. The van der Waals surface area contributed by atoms with Crippen LogP contribution in [0.3, 0.4) is 0 Å². The van der Waals surface area contributed by atoms with Crippen molar-refractivity contribution in [3.63, 3.8) is 0 Å². The minimum Gasteiger partial charge on any atom is -0.432 e. The minimum absolute atomic E-state index is 0.00719. The summed E-state index contributed by atoms with van der Waals surface area (Å²) >= 11 is 0. The minimum atomic E-state index is -1.74. The number of rotatable bonds is 5. The first-order chi connectivity index (χ1) is 21.8. The van der Waals surface area contributed by atoms with Gasteiger partial charge >= 0.3 is 5.97 Å². The normalized spacial score (nSPS) is 58.6. The highest BCUT2D eigenvalue weighted by atomic mass is 16.7. The van der Waals surface area contributed by atoms with Crippen molar-refractivity contribution in [2.45, 2.75) is 166 Å². The summed E-state index contributed by atoms with van der Waals surface area (Å²) in [5, 5.41) is 74.9. The summed E-state index contributed by atoms with van der Waals surface area (Å²) in [4.78, 5) is 14.1. The molecule has 0 amide bonds. The number of esters is 1. The van der Waals surface area contributed by atoms with Crippen LogP contribution in [-0.4, -0.2) is 109 Å². The predicted octanol–water partition coefficient (Wildman–Crippen LogP) is 1.79. The summed E-state index contributed by atoms with van der Waals surface area (Å²) in [6.07, 6.45) is -1.93. The summed E-state index contributed by atoms with van der Waals surface area (Å²) in [6, 6.07) is 0. The van der Waals surface area contributed by atoms with Crippen molar-refractivity contribution >= 4 is 5.97 Å². The van der Waals surface area contributed by atoms with Crippen LogP contribution in [0.5, 0.6) is 0 Å². The SMILES string of the molecule is CC(C)(O)[C@H]1CC[C@@](C)([C@@H]2CC[C@@]3(C)[C@H]4CC[C@H]5[C@](C)(C(=O)O[C@H]6O[C@@H](CO)[C@@H](O)[C@@H](O)[C@H]6O)[C@@H](O)C[C@@H](O)[C@]56C[C@]46CC[C@@]23C)O1. The molecule has 0 aromatic rings. The fraction of sp³-hybridized carbons (Fsp3) is 0.972. The topological polar surface area (TPSA) is 186 Å². The van der Waals surface area contributed by atoms with Gasteiger partial charge in [0.1, 0.15) is 24.4 Å². The molecule has 7 fully saturated rings. The fourth-order valence-corrected chi connectivity index (χ4v) is 13.3. The van der Waals surface area contributed by atoms with Gasteiger partial charge in [0.2, 0.25) is 6.29 Å². The van der Waals surface area contributed by atoms with Gasteiger partial charge in [-0.2, -0.15) is 0 Å². The lowest BCUT2D eigenvalue weighted by Crippen LogP contribution is -2.65. The molecule has 0 unspecified atom stereocenters. The molecular formula is C36H58O11. The van der Waals surface area contributed by atoms with Crippen molar-refractivity contribution in [1.29, 1.82) is 0 Å². The van der Waals surface area contributed by atoms with Crippen LogP contribution in [0.2, 0.25) is 0 Å². The first-order valence-corrected chi connectivity index (χ1v) is 18.0. The Hall–Kier alpha value is -0.890. The molecule has 17 atom stereocenters. The molecule has 11 nitrogen and oxygen atoms in total. The molecule has 2 heterocycles. The van der Waals surface area contributed by atoms with Gasteiger partial charge in [0.05, 0.1) is 41.5 Å². The van der Waals surface area contributed by atoms with Crippen LogP contribution < -0.4 is 0 Å². The molecular weight excluding hydrogens is 608 g/mol. The van der Waals surface area contributed by atoms with E-state index in [9.17, 15) is 40.5 Å². The maximum atomic E-state index is 14.1. The monoisotopic (exact) mass is 666 g/mol. The van der Waals surface area contributed by atoms with Crippen LogP contribution in [0.25, 0.3) is 0 Å². The molecule has 2 aliphatic heterocycles. The number of hydrogen-bond acceptors (Lipinski definition) is 11. The van der Waals surface area contributed by atoms with E-state index in [1.54, 1.807) is 6.92 Å². The molecule has 47 heavy (non-hydrogen) atoms. The second-order valence-electron chi connectivity index (χ2n) is 18.2. The zero-order chi connectivity index (χ0) is 34.3. The van der Waals surface area contributed by atoms with Gasteiger partial charge < -0.3 is 50.0 Å². The summed E-state index contributed by atoms with van der Waals surface area (Å²) in [6.45, 7) is 11.9. The predicted molar refractivity (Wildman–Crippen MR) is 167 cm³/mol. The Bertz CT molecular complexity index is 1270. The molecule has 7 rings (SSSR count). The number of fused-ring (bicyclic) bond motifs is 2. The zero-order valence-corrected chi connectivity index (χ0v) is 28.9. The number of ether oxygens (including phenoxy) is 3. The van der Waals surface area contributed by atoms with E-state index in [1.807, 2.05) is 13.8 Å². The zero-order valence-electron chi connectivity index (χ0n) is 28.9. The lowest BCUT2D eigenvalue weighted by atomic mass is 9.41. The van der Waals surface area contributed by atoms with Crippen LogP contribution >= 0.6 is 0 Å². The van der Waals surface area contributed by atoms with Gasteiger partial charge in [-0.05, 0) is 119 Å². The van der Waals surface area contributed by atoms with Crippen molar-refractivity contribution in [2.24, 2.45) is 44.8 Å². The molecule has 7 N–H and O–H groups in total. The molecule has 11 heteroatoms. The van der Waals surface area contributed by atoms with Crippen molar-refractivity contribution in [3.8, 4) is 0 Å². The number of aliphatic hydroxyl groups excluding tert-OH is 6. The fourth-order valence-electron chi connectivity index (χ4n) is 13.3. The Kier molecular flexibility index (Phi) is 7.77. The maximum Gasteiger partial charge on any atom is 0.317 e. The van der Waals surface area contributed by atoms with Crippen LogP contribution in [0.1, 0.15) is 106 Å². The molecule has 0 aromatic carbocycles. The van der Waals surface area contributed by atoms with E-state index in [2.05, 4.69) is 20.8 Å². The highest BCUT2D eigenvalue weighted by Crippen LogP contribution is 2.89. The van der Waals surface area contributed by atoms with E-state index >= 15 is 0 Å². The summed E-state index contributed by atoms with van der Waals surface area (Å²) in [5.41, 5.74) is -3.34. The van der Waals surface area contributed by atoms with Gasteiger partial charge in [-0.15, -0.1) is 0 Å². The standard InChI is InChI=1S/C36H58O11/c1-30(2,44)24-10-12-33(5,47-24)19-9-11-31(3)20-7-8-21-34(6,29(43)46-28-27(42)26(41)25(40)18(16-37)45-28)22(38)15-23(39)36(21)17-35(20,36)14-13-32(19,31)4/h18-28,37-42,44H,7-17H2,1-6H3/t18-,19+,20+,21-,22-,23+,24+,25+,26+,27+,28+,31-,32-,33-,34-,35+,36-/m0/s1. The van der Waals surface area contributed by atoms with E-state index in [0.717, 1.165) is 51.4 Å². The van der Waals surface area contributed by atoms with E-state index in [4.69, 9.17) is 14.2 Å². The second kappa shape index (κ2) is 10.6. The Balaban J connectivity index is 1.16. The first-order valence-electron chi connectivity index (χ1n) is 18.0. The van der Waals surface area contributed by atoms with E-state index < -0.39 is 71.9 Å². The largest absolute Gasteiger partial charge is 0.432 e. The summed E-state index contributed by atoms with van der Waals surface area (Å²) < 4.78 is 18.0. The highest BCUT2D eigenvalue weighted by molar-refractivity contribution is 5.78. The van der Waals surface area contributed by atoms with Gasteiger partial charge in [0.25, 0.3) is 0 Å². The van der Waals surface area contributed by atoms with Crippen LogP contribution in [0.15, 0.2) is 0 Å². The van der Waals surface area contributed by atoms with Crippen molar-refractivity contribution in [3.05, 3.63) is 0 Å². The lowest BCUT2D eigenvalue weighted by molar-refractivity contribution is -0.300. The first kappa shape index (κ1) is 34.6. The van der Waals surface area contributed by atoms with E-state index in [0.29, 0.717) is 18.3 Å². The van der Waals surface area contributed by atoms with Crippen molar-refractivity contribution in [2.75, 3.05) is 6.61 Å². The Labute approximate surface area is 278 Å². The summed E-state index contributed by atoms with van der Waals surface area (Å²) in [7, 11) is 0. The van der Waals surface area contributed by atoms with E-state index in [1.165, 1.54) is 0 Å². The molecule has 0 radical (unpaired) electrons. The molecule has 2 saturated heterocycles. The third kappa shape index (κ3) is 4.27. The quantitative estimate of drug-likeness (QED) is 0.212. The number of hydrogen-bond donors (Lipinski definition) is 7. The van der Waals surface area contributed by atoms with Gasteiger partial charge in [-0.25, -0.2) is 0 Å². The highest BCUT2D eigenvalue weighted by Gasteiger charge is 2.86. The average Bonchev–Trinajstić information content (AvgIpc) is 3.39. The second-order valence-corrected chi connectivity index (χ2v) is 18.2. The lowest BCUT2D eigenvalue weighted by Gasteiger charge is -2.64. The van der Waals surface area contributed by atoms with Crippen molar-refractivity contribution < 1.29 is 54.8 Å². The average molecular weight is 667 g/mol. The van der Waals surface area contributed by atoms with Gasteiger partial charge in [0, 0.05) is 11.8 Å². The Morgan fingerprint density at radius 2 is 1.47 bits per heavy atom. The van der Waals surface area contributed by atoms with Crippen LogP contribution in [-0.2, 0) is 19.0 Å².